The Morgan fingerprint density at radius 1 is 0.588 bits per heavy atom. The normalized spacial score (nSPS) is 11.3. The lowest BCUT2D eigenvalue weighted by Crippen LogP contribution is -3.00. The van der Waals surface area contributed by atoms with Crippen molar-refractivity contribution in [3.05, 3.63) is 0 Å². The van der Waals surface area contributed by atoms with Crippen molar-refractivity contribution < 1.29 is 16.9 Å². The average Bonchev–Trinajstić information content (AvgIpc) is 2.34. The standard InChI is InChI=1S/C15H34N.ClH/c1-5-9-10-11-12-13-14-15-16(6-2,7-3)8-4;/h5-15H2,1-4H3;1H/q+1;/p-1. The Morgan fingerprint density at radius 2 is 1.00 bits per heavy atom. The SMILES string of the molecule is CCCCCCCCC[N+](CC)(CC)CC.[Cl-]. The van der Waals surface area contributed by atoms with Gasteiger partial charge in [0.25, 0.3) is 0 Å². The molecule has 0 unspecified atom stereocenters. The van der Waals surface area contributed by atoms with E-state index < -0.39 is 0 Å². The van der Waals surface area contributed by atoms with Crippen LogP contribution in [0.2, 0.25) is 0 Å². The molecule has 0 atom stereocenters. The van der Waals surface area contributed by atoms with Crippen LogP contribution in [0.4, 0.5) is 0 Å². The topological polar surface area (TPSA) is 0 Å². The van der Waals surface area contributed by atoms with Gasteiger partial charge in [-0.1, -0.05) is 39.0 Å². The lowest BCUT2D eigenvalue weighted by atomic mass is 10.1. The van der Waals surface area contributed by atoms with Crippen LogP contribution in [0.25, 0.3) is 0 Å². The molecule has 0 amide bonds. The van der Waals surface area contributed by atoms with E-state index in [-0.39, 0.29) is 12.4 Å². The Kier molecular flexibility index (Phi) is 14.6. The molecule has 17 heavy (non-hydrogen) atoms. The van der Waals surface area contributed by atoms with E-state index >= 15 is 0 Å². The Hall–Kier alpha value is 0.250. The Balaban J connectivity index is 0. The summed E-state index contributed by atoms with van der Waals surface area (Å²) in [4.78, 5) is 0. The van der Waals surface area contributed by atoms with E-state index in [1.54, 1.807) is 0 Å². The second-order valence-electron chi connectivity index (χ2n) is 5.14. The van der Waals surface area contributed by atoms with E-state index in [1.807, 2.05) is 0 Å². The van der Waals surface area contributed by atoms with Crippen molar-refractivity contribution in [3.8, 4) is 0 Å². The van der Waals surface area contributed by atoms with Gasteiger partial charge in [-0.15, -0.1) is 0 Å². The van der Waals surface area contributed by atoms with Crippen LogP contribution < -0.4 is 12.4 Å². The summed E-state index contributed by atoms with van der Waals surface area (Å²) in [6.07, 6.45) is 10.0. The maximum absolute atomic E-state index is 2.34. The number of quaternary nitrogens is 1. The maximum Gasteiger partial charge on any atom is 0.0786 e. The fourth-order valence-corrected chi connectivity index (χ4v) is 2.55. The van der Waals surface area contributed by atoms with Gasteiger partial charge in [0.05, 0.1) is 26.2 Å². The molecule has 0 heterocycles. The maximum atomic E-state index is 2.34. The third-order valence-electron chi connectivity index (χ3n) is 4.25. The minimum Gasteiger partial charge on any atom is -1.00 e. The molecule has 0 aromatic heterocycles. The summed E-state index contributed by atoms with van der Waals surface area (Å²) in [5.41, 5.74) is 0. The molecule has 0 bridgehead atoms. The van der Waals surface area contributed by atoms with Crippen molar-refractivity contribution in [2.24, 2.45) is 0 Å². The van der Waals surface area contributed by atoms with Crippen LogP contribution in [0, 0.1) is 0 Å². The van der Waals surface area contributed by atoms with Gasteiger partial charge in [-0.25, -0.2) is 0 Å². The molecule has 0 radical (unpaired) electrons. The van der Waals surface area contributed by atoms with Crippen LogP contribution in [0.5, 0.6) is 0 Å². The van der Waals surface area contributed by atoms with Crippen molar-refractivity contribution in [1.29, 1.82) is 0 Å². The van der Waals surface area contributed by atoms with Gasteiger partial charge < -0.3 is 16.9 Å². The molecule has 0 saturated heterocycles. The van der Waals surface area contributed by atoms with Crippen molar-refractivity contribution in [1.82, 2.24) is 0 Å². The predicted octanol–water partition coefficient (Wildman–Crippen LogP) is 1.62. The molecule has 0 aliphatic rings. The first-order valence-corrected chi connectivity index (χ1v) is 7.59. The molecule has 0 fully saturated rings. The molecule has 106 valence electrons. The molecular formula is C15H34ClN. The van der Waals surface area contributed by atoms with Gasteiger partial charge in [-0.3, -0.25) is 0 Å². The van der Waals surface area contributed by atoms with Gasteiger partial charge in [0.1, 0.15) is 0 Å². The number of rotatable bonds is 11. The zero-order valence-corrected chi connectivity index (χ0v) is 13.4. The van der Waals surface area contributed by atoms with Gasteiger partial charge in [0.15, 0.2) is 0 Å². The van der Waals surface area contributed by atoms with Gasteiger partial charge in [-0.2, -0.15) is 0 Å². The van der Waals surface area contributed by atoms with Gasteiger partial charge in [0, 0.05) is 0 Å². The number of hydrogen-bond donors (Lipinski definition) is 0. The van der Waals surface area contributed by atoms with Gasteiger partial charge in [0.2, 0.25) is 0 Å². The van der Waals surface area contributed by atoms with E-state index in [4.69, 9.17) is 0 Å². The molecule has 0 spiro atoms. The highest BCUT2D eigenvalue weighted by molar-refractivity contribution is 4.46. The second kappa shape index (κ2) is 12.7. The first kappa shape index (κ1) is 19.6. The largest absolute Gasteiger partial charge is 1.00 e. The summed E-state index contributed by atoms with van der Waals surface area (Å²) < 4.78 is 1.33. The van der Waals surface area contributed by atoms with Crippen molar-refractivity contribution in [2.45, 2.75) is 72.6 Å². The van der Waals surface area contributed by atoms with Gasteiger partial charge >= 0.3 is 0 Å². The molecule has 0 aliphatic carbocycles. The van der Waals surface area contributed by atoms with E-state index in [0.717, 1.165) is 0 Å². The van der Waals surface area contributed by atoms with Crippen molar-refractivity contribution in [3.63, 3.8) is 0 Å². The van der Waals surface area contributed by atoms with Gasteiger partial charge in [-0.05, 0) is 33.6 Å². The van der Waals surface area contributed by atoms with Crippen molar-refractivity contribution >= 4 is 0 Å². The van der Waals surface area contributed by atoms with Crippen LogP contribution in [0.15, 0.2) is 0 Å². The van der Waals surface area contributed by atoms with E-state index in [1.165, 1.54) is 75.6 Å². The fraction of sp³-hybridized carbons (Fsp3) is 1.00. The summed E-state index contributed by atoms with van der Waals surface area (Å²) in [7, 11) is 0. The molecule has 0 aromatic rings. The van der Waals surface area contributed by atoms with Crippen LogP contribution in [0.3, 0.4) is 0 Å². The Morgan fingerprint density at radius 3 is 1.41 bits per heavy atom. The van der Waals surface area contributed by atoms with Crippen LogP contribution >= 0.6 is 0 Å². The first-order chi connectivity index (χ1) is 7.74. The van der Waals surface area contributed by atoms with E-state index in [2.05, 4.69) is 27.7 Å². The first-order valence-electron chi connectivity index (χ1n) is 7.59. The molecule has 2 heteroatoms. The molecule has 0 saturated carbocycles. The molecule has 0 aromatic carbocycles. The number of halogens is 1. The number of unbranched alkanes of at least 4 members (excludes halogenated alkanes) is 6. The second-order valence-corrected chi connectivity index (χ2v) is 5.14. The lowest BCUT2D eigenvalue weighted by molar-refractivity contribution is -0.923. The predicted molar refractivity (Wildman–Crippen MR) is 74.7 cm³/mol. The monoisotopic (exact) mass is 263 g/mol. The summed E-state index contributed by atoms with van der Waals surface area (Å²) >= 11 is 0. The average molecular weight is 264 g/mol. The highest BCUT2D eigenvalue weighted by Gasteiger charge is 2.19. The van der Waals surface area contributed by atoms with Crippen LogP contribution in [-0.4, -0.2) is 30.7 Å². The summed E-state index contributed by atoms with van der Waals surface area (Å²) in [6.45, 7) is 14.6. The lowest BCUT2D eigenvalue weighted by Gasteiger charge is -2.35. The summed E-state index contributed by atoms with van der Waals surface area (Å²) in [5, 5.41) is 0. The minimum absolute atomic E-state index is 0. The molecule has 0 N–H and O–H groups in total. The van der Waals surface area contributed by atoms with E-state index in [0.29, 0.717) is 0 Å². The molecular weight excluding hydrogens is 230 g/mol. The smallest absolute Gasteiger partial charge is 0.0786 e. The third kappa shape index (κ3) is 8.90. The van der Waals surface area contributed by atoms with Crippen LogP contribution in [0.1, 0.15) is 72.6 Å². The highest BCUT2D eigenvalue weighted by Crippen LogP contribution is 2.12. The molecule has 1 nitrogen and oxygen atoms in total. The third-order valence-corrected chi connectivity index (χ3v) is 4.25. The van der Waals surface area contributed by atoms with E-state index in [9.17, 15) is 0 Å². The number of hydrogen-bond acceptors (Lipinski definition) is 0. The highest BCUT2D eigenvalue weighted by atomic mass is 35.5. The number of nitrogens with zero attached hydrogens (tertiary/aromatic N) is 1. The van der Waals surface area contributed by atoms with Crippen molar-refractivity contribution in [2.75, 3.05) is 26.2 Å². The zero-order valence-electron chi connectivity index (χ0n) is 12.6. The molecule has 0 aliphatic heterocycles. The Bertz CT molecular complexity index is 136. The minimum atomic E-state index is 0. The summed E-state index contributed by atoms with van der Waals surface area (Å²) in [6, 6.07) is 0. The fourth-order valence-electron chi connectivity index (χ4n) is 2.55. The van der Waals surface area contributed by atoms with Crippen LogP contribution in [-0.2, 0) is 0 Å². The summed E-state index contributed by atoms with van der Waals surface area (Å²) in [5.74, 6) is 0. The quantitative estimate of drug-likeness (QED) is 0.393. The molecule has 0 rings (SSSR count). The Labute approximate surface area is 116 Å². The zero-order chi connectivity index (χ0) is 12.3.